The molecule has 0 spiro atoms. The molecule has 1 aliphatic carbocycles. The standard InChI is InChI=1S/C30H45N3O3/c1-21(2)22-10-12-23(13-11-22)32-17-14-24(15-18-32)33-27-9-7-6-8-25(27)26(20-31-35)28(33)16-19-36-29(34)30(3,4)5/h6-9,20-24,35H,10-19H2,1-5H3/b31-20+. The second kappa shape index (κ2) is 11.4. The molecule has 36 heavy (non-hydrogen) atoms. The fourth-order valence-corrected chi connectivity index (χ4v) is 6.32. The van der Waals surface area contributed by atoms with Crippen molar-refractivity contribution in [3.05, 3.63) is 35.5 Å². The van der Waals surface area contributed by atoms with Gasteiger partial charge in [0.1, 0.15) is 0 Å². The number of carbonyl (C=O) groups is 1. The SMILES string of the molecule is CC(C)C1CCC(N2CCC(n3c(CCOC(=O)C(C)(C)C)c(/C=N/O)c4ccccc43)CC2)CC1. The average molecular weight is 496 g/mol. The van der Waals surface area contributed by atoms with Crippen molar-refractivity contribution >= 4 is 23.1 Å². The summed E-state index contributed by atoms with van der Waals surface area (Å²) in [6.07, 6.45) is 9.75. The van der Waals surface area contributed by atoms with Crippen molar-refractivity contribution < 1.29 is 14.7 Å². The highest BCUT2D eigenvalue weighted by Crippen LogP contribution is 2.37. The van der Waals surface area contributed by atoms with Crippen molar-refractivity contribution in [2.75, 3.05) is 19.7 Å². The highest BCUT2D eigenvalue weighted by Gasteiger charge is 2.32. The predicted octanol–water partition coefficient (Wildman–Crippen LogP) is 6.43. The number of benzene rings is 1. The second-order valence-corrected chi connectivity index (χ2v) is 12.2. The zero-order valence-corrected chi connectivity index (χ0v) is 22.9. The third-order valence-corrected chi connectivity index (χ3v) is 8.49. The van der Waals surface area contributed by atoms with Crippen LogP contribution >= 0.6 is 0 Å². The number of piperidine rings is 1. The molecule has 2 fully saturated rings. The van der Waals surface area contributed by atoms with Crippen molar-refractivity contribution in [1.82, 2.24) is 9.47 Å². The van der Waals surface area contributed by atoms with Gasteiger partial charge in [0.15, 0.2) is 0 Å². The Morgan fingerprint density at radius 3 is 2.36 bits per heavy atom. The van der Waals surface area contributed by atoms with Crippen LogP contribution in [0.3, 0.4) is 0 Å². The first-order chi connectivity index (χ1) is 17.2. The molecular formula is C30H45N3O3. The van der Waals surface area contributed by atoms with Gasteiger partial charge in [0, 0.05) is 53.8 Å². The Balaban J connectivity index is 1.52. The molecule has 1 N–H and O–H groups in total. The Kier molecular flexibility index (Phi) is 8.44. The van der Waals surface area contributed by atoms with Crippen molar-refractivity contribution in [2.45, 2.75) is 91.6 Å². The van der Waals surface area contributed by atoms with Crippen LogP contribution in [-0.4, -0.2) is 52.6 Å². The number of para-hydroxylation sites is 1. The summed E-state index contributed by atoms with van der Waals surface area (Å²) in [4.78, 5) is 15.1. The first-order valence-corrected chi connectivity index (χ1v) is 13.9. The van der Waals surface area contributed by atoms with Gasteiger partial charge in [0.25, 0.3) is 0 Å². The molecule has 1 saturated carbocycles. The molecule has 0 amide bonds. The van der Waals surface area contributed by atoms with E-state index in [0.29, 0.717) is 19.1 Å². The van der Waals surface area contributed by atoms with Crippen molar-refractivity contribution in [3.8, 4) is 0 Å². The Morgan fingerprint density at radius 2 is 1.75 bits per heavy atom. The van der Waals surface area contributed by atoms with Crippen molar-refractivity contribution in [3.63, 3.8) is 0 Å². The number of rotatable bonds is 7. The molecule has 2 aliphatic rings. The van der Waals surface area contributed by atoms with Crippen LogP contribution in [0.25, 0.3) is 10.9 Å². The van der Waals surface area contributed by atoms with E-state index in [0.717, 1.165) is 60.5 Å². The van der Waals surface area contributed by atoms with E-state index in [4.69, 9.17) is 4.74 Å². The summed E-state index contributed by atoms with van der Waals surface area (Å²) in [6.45, 7) is 12.9. The van der Waals surface area contributed by atoms with E-state index < -0.39 is 5.41 Å². The fraction of sp³-hybridized carbons (Fsp3) is 0.667. The van der Waals surface area contributed by atoms with Crippen LogP contribution in [0.4, 0.5) is 0 Å². The van der Waals surface area contributed by atoms with Gasteiger partial charge in [0.05, 0.1) is 18.2 Å². The molecule has 6 nitrogen and oxygen atoms in total. The predicted molar refractivity (Wildman–Crippen MR) is 146 cm³/mol. The second-order valence-electron chi connectivity index (χ2n) is 12.2. The maximum Gasteiger partial charge on any atom is 0.311 e. The lowest BCUT2D eigenvalue weighted by atomic mass is 9.79. The lowest BCUT2D eigenvalue weighted by molar-refractivity contribution is -0.152. The first kappa shape index (κ1) is 26.7. The first-order valence-electron chi connectivity index (χ1n) is 13.9. The van der Waals surface area contributed by atoms with E-state index in [1.807, 2.05) is 26.8 Å². The smallest absolute Gasteiger partial charge is 0.311 e. The summed E-state index contributed by atoms with van der Waals surface area (Å²) < 4.78 is 8.08. The van der Waals surface area contributed by atoms with Crippen LogP contribution in [0.5, 0.6) is 0 Å². The lowest BCUT2D eigenvalue weighted by Crippen LogP contribution is -2.44. The van der Waals surface area contributed by atoms with E-state index in [-0.39, 0.29) is 5.97 Å². The molecule has 2 heterocycles. The Hall–Kier alpha value is -2.34. The third kappa shape index (κ3) is 5.80. The number of ether oxygens (including phenoxy) is 1. The van der Waals surface area contributed by atoms with Gasteiger partial charge in [0.2, 0.25) is 0 Å². The zero-order valence-electron chi connectivity index (χ0n) is 22.9. The number of hydrogen-bond donors (Lipinski definition) is 1. The van der Waals surface area contributed by atoms with Gasteiger partial charge >= 0.3 is 5.97 Å². The molecule has 2 aromatic rings. The summed E-state index contributed by atoms with van der Waals surface area (Å²) in [6, 6.07) is 9.47. The lowest BCUT2D eigenvalue weighted by Gasteiger charge is -2.42. The number of aromatic nitrogens is 1. The van der Waals surface area contributed by atoms with E-state index in [1.165, 1.54) is 31.2 Å². The number of carbonyl (C=O) groups excluding carboxylic acids is 1. The quantitative estimate of drug-likeness (QED) is 0.208. The summed E-state index contributed by atoms with van der Waals surface area (Å²) in [5.74, 6) is 1.51. The van der Waals surface area contributed by atoms with Crippen molar-refractivity contribution in [1.29, 1.82) is 0 Å². The van der Waals surface area contributed by atoms with E-state index in [9.17, 15) is 10.0 Å². The Bertz CT molecular complexity index is 1050. The molecule has 0 unspecified atom stereocenters. The van der Waals surface area contributed by atoms with Crippen LogP contribution in [0.15, 0.2) is 29.4 Å². The summed E-state index contributed by atoms with van der Waals surface area (Å²) >= 11 is 0. The van der Waals surface area contributed by atoms with Gasteiger partial charge in [-0.3, -0.25) is 4.79 Å². The molecule has 0 bridgehead atoms. The maximum atomic E-state index is 12.4. The van der Waals surface area contributed by atoms with E-state index >= 15 is 0 Å². The molecule has 0 atom stereocenters. The summed E-state index contributed by atoms with van der Waals surface area (Å²) in [5, 5.41) is 13.9. The number of fused-ring (bicyclic) bond motifs is 1. The average Bonchev–Trinajstić information content (AvgIpc) is 3.17. The summed E-state index contributed by atoms with van der Waals surface area (Å²) in [5.41, 5.74) is 2.66. The van der Waals surface area contributed by atoms with Crippen LogP contribution in [0.2, 0.25) is 0 Å². The molecule has 1 saturated heterocycles. The van der Waals surface area contributed by atoms with Gasteiger partial charge < -0.3 is 19.4 Å². The number of hydrogen-bond acceptors (Lipinski definition) is 5. The minimum atomic E-state index is -0.525. The summed E-state index contributed by atoms with van der Waals surface area (Å²) in [7, 11) is 0. The highest BCUT2D eigenvalue weighted by molar-refractivity contribution is 6.01. The van der Waals surface area contributed by atoms with Crippen molar-refractivity contribution in [2.24, 2.45) is 22.4 Å². The molecule has 1 aromatic carbocycles. The normalized spacial score (nSPS) is 22.6. The fourth-order valence-electron chi connectivity index (χ4n) is 6.32. The molecule has 6 heteroatoms. The minimum Gasteiger partial charge on any atom is -0.465 e. The Labute approximate surface area is 216 Å². The van der Waals surface area contributed by atoms with Gasteiger partial charge in [-0.1, -0.05) is 37.2 Å². The molecule has 0 radical (unpaired) electrons. The monoisotopic (exact) mass is 495 g/mol. The van der Waals surface area contributed by atoms with Gasteiger partial charge in [-0.25, -0.2) is 0 Å². The topological polar surface area (TPSA) is 67.1 Å². The van der Waals surface area contributed by atoms with Gasteiger partial charge in [-0.2, -0.15) is 0 Å². The minimum absolute atomic E-state index is 0.192. The number of esters is 1. The van der Waals surface area contributed by atoms with Crippen LogP contribution in [0, 0.1) is 17.3 Å². The molecule has 1 aromatic heterocycles. The third-order valence-electron chi connectivity index (χ3n) is 8.49. The van der Waals surface area contributed by atoms with E-state index in [2.05, 4.69) is 46.7 Å². The largest absolute Gasteiger partial charge is 0.465 e. The van der Waals surface area contributed by atoms with E-state index in [1.54, 1.807) is 6.21 Å². The highest BCUT2D eigenvalue weighted by atomic mass is 16.5. The van der Waals surface area contributed by atoms with Gasteiger partial charge in [-0.15, -0.1) is 0 Å². The molecule has 4 rings (SSSR count). The molecular weight excluding hydrogens is 450 g/mol. The van der Waals surface area contributed by atoms with Gasteiger partial charge in [-0.05, 0) is 77.2 Å². The zero-order chi connectivity index (χ0) is 25.9. The number of nitrogens with zero attached hydrogens (tertiary/aromatic N) is 3. The molecule has 1 aliphatic heterocycles. The maximum absolute atomic E-state index is 12.4. The number of likely N-dealkylation sites (tertiary alicyclic amines) is 1. The van der Waals surface area contributed by atoms with Crippen LogP contribution in [-0.2, 0) is 16.0 Å². The number of oxime groups is 1. The Morgan fingerprint density at radius 1 is 1.08 bits per heavy atom. The van der Waals surface area contributed by atoms with Crippen LogP contribution in [0.1, 0.15) is 90.4 Å². The van der Waals surface area contributed by atoms with Crippen LogP contribution < -0.4 is 0 Å². The molecule has 198 valence electrons.